The van der Waals surface area contributed by atoms with E-state index in [-0.39, 0.29) is 10.8 Å². The number of benzene rings is 2. The minimum atomic E-state index is -3.70. The van der Waals surface area contributed by atoms with Gasteiger partial charge in [0, 0.05) is 48.3 Å². The van der Waals surface area contributed by atoms with Crippen molar-refractivity contribution >= 4 is 56.5 Å². The molecule has 2 aromatic carbocycles. The van der Waals surface area contributed by atoms with Gasteiger partial charge in [-0.25, -0.2) is 8.42 Å². The van der Waals surface area contributed by atoms with Gasteiger partial charge in [0.25, 0.3) is 5.91 Å². The number of nitrogens with zero attached hydrogens (tertiary/aromatic N) is 3. The molecule has 0 unspecified atom stereocenters. The number of aryl methyl sites for hydroxylation is 1. The minimum Gasteiger partial charge on any atom is -0.379 e. The van der Waals surface area contributed by atoms with E-state index in [1.807, 2.05) is 36.6 Å². The molecule has 0 saturated carbocycles. The van der Waals surface area contributed by atoms with Crippen molar-refractivity contribution in [3.63, 3.8) is 0 Å². The SMILES string of the molecule is Cc1cc(C=C2C(=O)N(C)c3ccc(S(=O)(=O)N4CCOCC4)cc32)c(C)n1-c1ccc(Cl)c(Cl)c1. The Morgan fingerprint density at radius 1 is 0.972 bits per heavy atom. The van der Waals surface area contributed by atoms with Gasteiger partial charge < -0.3 is 14.2 Å². The van der Waals surface area contributed by atoms with Crippen molar-refractivity contribution in [2.75, 3.05) is 38.3 Å². The lowest BCUT2D eigenvalue weighted by Gasteiger charge is -2.26. The number of morpholine rings is 1. The van der Waals surface area contributed by atoms with Crippen LogP contribution in [0.4, 0.5) is 5.69 Å². The molecule has 0 atom stereocenters. The monoisotopic (exact) mass is 545 g/mol. The predicted molar refractivity (Wildman–Crippen MR) is 143 cm³/mol. The second-order valence-corrected chi connectivity index (χ2v) is 11.6. The zero-order valence-electron chi connectivity index (χ0n) is 20.1. The summed E-state index contributed by atoms with van der Waals surface area (Å²) in [5, 5.41) is 0.932. The van der Waals surface area contributed by atoms with Crippen LogP contribution in [-0.2, 0) is 19.6 Å². The van der Waals surface area contributed by atoms with Crippen LogP contribution in [0.25, 0.3) is 17.3 Å². The molecule has 0 radical (unpaired) electrons. The molecule has 0 N–H and O–H groups in total. The van der Waals surface area contributed by atoms with E-state index in [0.29, 0.717) is 53.2 Å². The van der Waals surface area contributed by atoms with Crippen LogP contribution < -0.4 is 4.90 Å². The maximum atomic E-state index is 13.3. The number of amides is 1. The number of hydrogen-bond donors (Lipinski definition) is 0. The van der Waals surface area contributed by atoms with E-state index in [9.17, 15) is 13.2 Å². The molecule has 1 aromatic heterocycles. The molecule has 1 amide bonds. The highest BCUT2D eigenvalue weighted by Crippen LogP contribution is 2.39. The van der Waals surface area contributed by atoms with E-state index < -0.39 is 10.0 Å². The van der Waals surface area contributed by atoms with Gasteiger partial charge in [0.05, 0.1) is 33.8 Å². The summed E-state index contributed by atoms with van der Waals surface area (Å²) in [4.78, 5) is 14.9. The molecule has 10 heteroatoms. The molecule has 2 aliphatic heterocycles. The Morgan fingerprint density at radius 3 is 2.39 bits per heavy atom. The Hall–Kier alpha value is -2.62. The standard InChI is InChI=1S/C26H25Cl2N3O4S/c1-16-12-18(17(2)31(16)19-4-6-23(27)24(28)14-19)13-22-21-15-20(5-7-25(21)29(3)26(22)32)36(33,34)30-8-10-35-11-9-30/h4-7,12-15H,8-11H2,1-3H3. The molecule has 3 heterocycles. The van der Waals surface area contributed by atoms with Gasteiger partial charge in [0.15, 0.2) is 0 Å². The first-order chi connectivity index (χ1) is 17.1. The minimum absolute atomic E-state index is 0.165. The summed E-state index contributed by atoms with van der Waals surface area (Å²) in [5.74, 6) is -0.190. The van der Waals surface area contributed by atoms with Crippen molar-refractivity contribution < 1.29 is 17.9 Å². The normalized spacial score (nSPS) is 17.8. The second kappa shape index (κ2) is 9.36. The highest BCUT2D eigenvalue weighted by atomic mass is 35.5. The summed E-state index contributed by atoms with van der Waals surface area (Å²) in [5.41, 5.74) is 5.30. The van der Waals surface area contributed by atoms with E-state index in [1.54, 1.807) is 42.3 Å². The zero-order chi connectivity index (χ0) is 25.8. The highest BCUT2D eigenvalue weighted by molar-refractivity contribution is 7.89. The lowest BCUT2D eigenvalue weighted by Crippen LogP contribution is -2.40. The third-order valence-corrected chi connectivity index (χ3v) is 9.33. The molecule has 0 aliphatic carbocycles. The topological polar surface area (TPSA) is 71.8 Å². The first-order valence-corrected chi connectivity index (χ1v) is 13.7. The lowest BCUT2D eigenvalue weighted by molar-refractivity contribution is -0.112. The van der Waals surface area contributed by atoms with Gasteiger partial charge in [0.1, 0.15) is 0 Å². The molecule has 36 heavy (non-hydrogen) atoms. The number of carbonyl (C=O) groups is 1. The van der Waals surface area contributed by atoms with Gasteiger partial charge in [-0.1, -0.05) is 23.2 Å². The number of likely N-dealkylation sites (N-methyl/N-ethyl adjacent to an activating group) is 1. The fourth-order valence-electron chi connectivity index (χ4n) is 4.78. The van der Waals surface area contributed by atoms with Gasteiger partial charge in [-0.05, 0) is 68.0 Å². The predicted octanol–water partition coefficient (Wildman–Crippen LogP) is 4.94. The molecule has 2 aliphatic rings. The van der Waals surface area contributed by atoms with Crippen molar-refractivity contribution in [2.24, 2.45) is 0 Å². The maximum Gasteiger partial charge on any atom is 0.258 e. The summed E-state index contributed by atoms with van der Waals surface area (Å²) < 4.78 is 35.3. The van der Waals surface area contributed by atoms with Crippen molar-refractivity contribution in [1.29, 1.82) is 0 Å². The Bertz CT molecular complexity index is 1520. The van der Waals surface area contributed by atoms with Crippen molar-refractivity contribution in [3.8, 4) is 5.69 Å². The quantitative estimate of drug-likeness (QED) is 0.435. The number of ether oxygens (including phenoxy) is 1. The van der Waals surface area contributed by atoms with Crippen LogP contribution in [0, 0.1) is 13.8 Å². The van der Waals surface area contributed by atoms with Gasteiger partial charge in [-0.3, -0.25) is 4.79 Å². The van der Waals surface area contributed by atoms with Crippen LogP contribution >= 0.6 is 23.2 Å². The lowest BCUT2D eigenvalue weighted by atomic mass is 10.0. The van der Waals surface area contributed by atoms with Crippen LogP contribution in [-0.4, -0.2) is 56.5 Å². The molecule has 3 aromatic rings. The van der Waals surface area contributed by atoms with E-state index in [1.165, 1.54) is 4.31 Å². The Morgan fingerprint density at radius 2 is 1.69 bits per heavy atom. The number of anilines is 1. The van der Waals surface area contributed by atoms with Crippen molar-refractivity contribution in [3.05, 3.63) is 75.0 Å². The Balaban J connectivity index is 1.59. The fraction of sp³-hybridized carbons (Fsp3) is 0.269. The summed E-state index contributed by atoms with van der Waals surface area (Å²) in [7, 11) is -2.01. The number of hydrogen-bond acceptors (Lipinski definition) is 4. The smallest absolute Gasteiger partial charge is 0.258 e. The summed E-state index contributed by atoms with van der Waals surface area (Å²) >= 11 is 12.3. The first-order valence-electron chi connectivity index (χ1n) is 11.5. The van der Waals surface area contributed by atoms with Gasteiger partial charge >= 0.3 is 0 Å². The van der Waals surface area contributed by atoms with E-state index in [0.717, 1.165) is 22.6 Å². The van der Waals surface area contributed by atoms with Crippen LogP contribution in [0.2, 0.25) is 10.0 Å². The molecule has 188 valence electrons. The van der Waals surface area contributed by atoms with Gasteiger partial charge in [-0.15, -0.1) is 0 Å². The van der Waals surface area contributed by atoms with Crippen molar-refractivity contribution in [2.45, 2.75) is 18.7 Å². The summed E-state index contributed by atoms with van der Waals surface area (Å²) in [6.07, 6.45) is 1.83. The first kappa shape index (κ1) is 25.0. The molecular formula is C26H25Cl2N3O4S. The number of sulfonamides is 1. The van der Waals surface area contributed by atoms with Crippen molar-refractivity contribution in [1.82, 2.24) is 8.87 Å². The Labute approximate surface area is 220 Å². The average Bonchev–Trinajstić information content (AvgIpc) is 3.28. The molecular weight excluding hydrogens is 521 g/mol. The van der Waals surface area contributed by atoms with Crippen LogP contribution in [0.15, 0.2) is 47.4 Å². The number of aromatic nitrogens is 1. The third-order valence-electron chi connectivity index (χ3n) is 6.69. The molecule has 0 spiro atoms. The average molecular weight is 546 g/mol. The largest absolute Gasteiger partial charge is 0.379 e. The number of rotatable bonds is 4. The zero-order valence-corrected chi connectivity index (χ0v) is 22.4. The number of halogens is 2. The van der Waals surface area contributed by atoms with Crippen LogP contribution in [0.1, 0.15) is 22.5 Å². The van der Waals surface area contributed by atoms with Crippen LogP contribution in [0.3, 0.4) is 0 Å². The van der Waals surface area contributed by atoms with Gasteiger partial charge in [0.2, 0.25) is 10.0 Å². The second-order valence-electron chi connectivity index (χ2n) is 8.88. The molecule has 1 saturated heterocycles. The number of carbonyl (C=O) groups excluding carboxylic acids is 1. The molecule has 0 bridgehead atoms. The Kier molecular flexibility index (Phi) is 6.51. The summed E-state index contributed by atoms with van der Waals surface area (Å²) in [6, 6.07) is 12.3. The highest BCUT2D eigenvalue weighted by Gasteiger charge is 2.33. The van der Waals surface area contributed by atoms with E-state index >= 15 is 0 Å². The molecule has 1 fully saturated rings. The number of fused-ring (bicyclic) bond motifs is 1. The molecule has 5 rings (SSSR count). The summed E-state index contributed by atoms with van der Waals surface area (Å²) in [6.45, 7) is 5.28. The van der Waals surface area contributed by atoms with Gasteiger partial charge in [-0.2, -0.15) is 4.31 Å². The van der Waals surface area contributed by atoms with E-state index in [4.69, 9.17) is 27.9 Å². The maximum absolute atomic E-state index is 13.3. The fourth-order valence-corrected chi connectivity index (χ4v) is 6.50. The molecule has 7 nitrogen and oxygen atoms in total. The van der Waals surface area contributed by atoms with Crippen LogP contribution in [0.5, 0.6) is 0 Å². The third kappa shape index (κ3) is 4.17. The van der Waals surface area contributed by atoms with E-state index in [2.05, 4.69) is 0 Å².